The van der Waals surface area contributed by atoms with Crippen molar-refractivity contribution in [2.75, 3.05) is 0 Å². The minimum Gasteiger partial charge on any atom is -0.267 e. The van der Waals surface area contributed by atoms with E-state index in [1.165, 1.54) is 43.4 Å². The van der Waals surface area contributed by atoms with Crippen LogP contribution < -0.4 is 5.56 Å². The first kappa shape index (κ1) is 18.3. The quantitative estimate of drug-likeness (QED) is 0.614. The molecule has 1 spiro atoms. The lowest BCUT2D eigenvalue weighted by Gasteiger charge is -2.48. The summed E-state index contributed by atoms with van der Waals surface area (Å²) in [7, 11) is 0. The van der Waals surface area contributed by atoms with Gasteiger partial charge in [0.25, 0.3) is 5.56 Å². The molecule has 2 aromatic carbocycles. The molecule has 0 bridgehead atoms. The highest BCUT2D eigenvalue weighted by molar-refractivity contribution is 5.95. The lowest BCUT2D eigenvalue weighted by molar-refractivity contribution is 0.207. The number of rotatable bonds is 3. The fraction of sp³-hybridized carbons (Fsp3) is 0.400. The fourth-order valence-corrected chi connectivity index (χ4v) is 5.14. The highest BCUT2D eigenvalue weighted by Crippen LogP contribution is 2.52. The molecule has 4 nitrogen and oxygen atoms in total. The fourth-order valence-electron chi connectivity index (χ4n) is 5.14. The van der Waals surface area contributed by atoms with E-state index in [1.807, 2.05) is 31.2 Å². The highest BCUT2D eigenvalue weighted by atomic mass is 16.1. The van der Waals surface area contributed by atoms with E-state index in [-0.39, 0.29) is 11.0 Å². The van der Waals surface area contributed by atoms with E-state index < -0.39 is 0 Å². The monoisotopic (exact) mass is 385 g/mol. The number of fused-ring (bicyclic) bond motifs is 1. The van der Waals surface area contributed by atoms with Gasteiger partial charge >= 0.3 is 0 Å². The number of hydrogen-bond acceptors (Lipinski definition) is 3. The molecule has 0 aliphatic heterocycles. The van der Waals surface area contributed by atoms with Crippen LogP contribution in [0.5, 0.6) is 0 Å². The van der Waals surface area contributed by atoms with Gasteiger partial charge < -0.3 is 0 Å². The molecule has 0 unspecified atom stereocenters. The van der Waals surface area contributed by atoms with E-state index in [4.69, 9.17) is 10.1 Å². The Balaban J connectivity index is 1.45. The molecule has 148 valence electrons. The van der Waals surface area contributed by atoms with Gasteiger partial charge in [0.15, 0.2) is 0 Å². The largest absolute Gasteiger partial charge is 0.282 e. The van der Waals surface area contributed by atoms with Gasteiger partial charge in [0.1, 0.15) is 5.82 Å². The zero-order valence-electron chi connectivity index (χ0n) is 17.0. The van der Waals surface area contributed by atoms with Gasteiger partial charge in [0, 0.05) is 17.5 Å². The Hall–Kier alpha value is -2.75. The smallest absolute Gasteiger partial charge is 0.267 e. The maximum atomic E-state index is 13.1. The summed E-state index contributed by atoms with van der Waals surface area (Å²) in [6.45, 7) is 2.04. The van der Waals surface area contributed by atoms with E-state index in [0.717, 1.165) is 17.8 Å². The van der Waals surface area contributed by atoms with Crippen LogP contribution in [0.4, 0.5) is 0 Å². The maximum Gasteiger partial charge on any atom is 0.282 e. The van der Waals surface area contributed by atoms with Crippen molar-refractivity contribution in [3.05, 3.63) is 76.3 Å². The van der Waals surface area contributed by atoms with Crippen LogP contribution in [0.3, 0.4) is 0 Å². The third-order valence-electron chi connectivity index (χ3n) is 7.02. The molecule has 1 heterocycles. The molecule has 0 N–H and O–H groups in total. The second-order valence-corrected chi connectivity index (χ2v) is 8.53. The molecule has 0 atom stereocenters. The summed E-state index contributed by atoms with van der Waals surface area (Å²) in [5, 5.41) is 5.57. The van der Waals surface area contributed by atoms with Crippen molar-refractivity contribution in [3.8, 4) is 0 Å². The average Bonchev–Trinajstić information content (AvgIpc) is 2.78. The van der Waals surface area contributed by atoms with E-state index in [2.05, 4.69) is 30.3 Å². The second kappa shape index (κ2) is 7.25. The Bertz CT molecular complexity index is 1120. The summed E-state index contributed by atoms with van der Waals surface area (Å²) < 4.78 is 1.59. The van der Waals surface area contributed by atoms with Gasteiger partial charge in [0.05, 0.1) is 10.9 Å². The van der Waals surface area contributed by atoms with Gasteiger partial charge in [-0.15, -0.1) is 0 Å². The van der Waals surface area contributed by atoms with Gasteiger partial charge in [0.2, 0.25) is 0 Å². The predicted octanol–water partition coefficient (Wildman–Crippen LogP) is 5.30. The molecule has 2 aliphatic rings. The minimum absolute atomic E-state index is 0.0417. The number of nitrogens with zero attached hydrogens (tertiary/aromatic N) is 3. The molecular formula is C25H27N3O. The molecule has 0 saturated heterocycles. The Morgan fingerprint density at radius 1 is 1.03 bits per heavy atom. The van der Waals surface area contributed by atoms with Crippen LogP contribution in [0, 0.1) is 5.41 Å². The number of para-hydroxylation sites is 1. The van der Waals surface area contributed by atoms with Crippen LogP contribution in [-0.2, 0) is 6.42 Å². The molecule has 1 aromatic heterocycles. The predicted molar refractivity (Wildman–Crippen MR) is 118 cm³/mol. The topological polar surface area (TPSA) is 47.2 Å². The van der Waals surface area contributed by atoms with Crippen molar-refractivity contribution >= 4 is 16.6 Å². The van der Waals surface area contributed by atoms with Crippen molar-refractivity contribution in [3.63, 3.8) is 0 Å². The maximum absolute atomic E-state index is 13.1. The Labute approximate surface area is 171 Å². The van der Waals surface area contributed by atoms with Gasteiger partial charge in [-0.3, -0.25) is 4.79 Å². The molecule has 3 aromatic rings. The number of hydrogen-bond donors (Lipinski definition) is 0. The third kappa shape index (κ3) is 3.11. The number of aromatic nitrogens is 2. The van der Waals surface area contributed by atoms with Crippen LogP contribution in [0.1, 0.15) is 62.8 Å². The first-order valence-electron chi connectivity index (χ1n) is 10.8. The van der Waals surface area contributed by atoms with Crippen LogP contribution in [0.2, 0.25) is 0 Å². The van der Waals surface area contributed by atoms with Crippen LogP contribution in [0.15, 0.2) is 64.5 Å². The SMILES string of the molecule is CCc1nc2ccccc2c(=O)n1/N=C1/CCC12CCC(c1ccccc1)CC2. The third-order valence-corrected chi connectivity index (χ3v) is 7.02. The summed E-state index contributed by atoms with van der Waals surface area (Å²) in [5.74, 6) is 1.40. The molecule has 29 heavy (non-hydrogen) atoms. The van der Waals surface area contributed by atoms with E-state index in [9.17, 15) is 4.79 Å². The number of benzene rings is 2. The van der Waals surface area contributed by atoms with Crippen LogP contribution in [-0.4, -0.2) is 15.4 Å². The van der Waals surface area contributed by atoms with Crippen molar-refractivity contribution < 1.29 is 0 Å². The summed E-state index contributed by atoms with van der Waals surface area (Å²) in [4.78, 5) is 17.8. The van der Waals surface area contributed by atoms with Crippen molar-refractivity contribution in [2.24, 2.45) is 10.5 Å². The van der Waals surface area contributed by atoms with Gasteiger partial charge in [-0.05, 0) is 62.1 Å². The molecule has 0 amide bonds. The van der Waals surface area contributed by atoms with Crippen LogP contribution in [0.25, 0.3) is 10.9 Å². The van der Waals surface area contributed by atoms with Crippen molar-refractivity contribution in [2.45, 2.75) is 57.8 Å². The Morgan fingerprint density at radius 3 is 2.45 bits per heavy atom. The highest BCUT2D eigenvalue weighted by Gasteiger charge is 2.46. The van der Waals surface area contributed by atoms with E-state index in [1.54, 1.807) is 4.68 Å². The lowest BCUT2D eigenvalue weighted by atomic mass is 9.57. The molecule has 0 radical (unpaired) electrons. The van der Waals surface area contributed by atoms with Crippen molar-refractivity contribution in [1.82, 2.24) is 9.66 Å². The Morgan fingerprint density at radius 2 is 1.76 bits per heavy atom. The zero-order valence-corrected chi connectivity index (χ0v) is 17.0. The lowest BCUT2D eigenvalue weighted by Crippen LogP contribution is -2.44. The van der Waals surface area contributed by atoms with E-state index >= 15 is 0 Å². The summed E-state index contributed by atoms with van der Waals surface area (Å²) in [6.07, 6.45) is 7.64. The summed E-state index contributed by atoms with van der Waals surface area (Å²) in [6, 6.07) is 18.5. The normalized spacial score (nSPS) is 25.4. The first-order valence-corrected chi connectivity index (χ1v) is 10.8. The first-order chi connectivity index (χ1) is 14.2. The Kier molecular flexibility index (Phi) is 4.57. The van der Waals surface area contributed by atoms with Crippen LogP contribution >= 0.6 is 0 Å². The molecular weight excluding hydrogens is 358 g/mol. The van der Waals surface area contributed by atoms with Gasteiger partial charge in [-0.2, -0.15) is 9.78 Å². The van der Waals surface area contributed by atoms with Crippen molar-refractivity contribution in [1.29, 1.82) is 0 Å². The molecule has 4 heteroatoms. The molecule has 2 fully saturated rings. The average molecular weight is 386 g/mol. The summed E-state index contributed by atoms with van der Waals surface area (Å²) in [5.41, 5.74) is 3.58. The molecule has 5 rings (SSSR count). The van der Waals surface area contributed by atoms with Gasteiger partial charge in [-0.1, -0.05) is 49.4 Å². The summed E-state index contributed by atoms with van der Waals surface area (Å²) >= 11 is 0. The van der Waals surface area contributed by atoms with E-state index in [0.29, 0.717) is 17.7 Å². The molecule has 2 aliphatic carbocycles. The van der Waals surface area contributed by atoms with Gasteiger partial charge in [-0.25, -0.2) is 4.98 Å². The second-order valence-electron chi connectivity index (χ2n) is 8.53. The number of aryl methyl sites for hydroxylation is 1. The standard InChI is InChI=1S/C25H27N3O/c1-2-23-26-21-11-7-6-10-20(21)24(29)28(23)27-22-14-17-25(22)15-12-19(13-16-25)18-8-4-3-5-9-18/h3-11,19H,2,12-17H2,1H3/b27-22-. The minimum atomic E-state index is -0.0417. The zero-order chi connectivity index (χ0) is 19.8. The molecule has 2 saturated carbocycles.